The van der Waals surface area contributed by atoms with E-state index < -0.39 is 0 Å². The van der Waals surface area contributed by atoms with Gasteiger partial charge in [-0.1, -0.05) is 36.2 Å². The summed E-state index contributed by atoms with van der Waals surface area (Å²) in [5, 5.41) is 5.25. The Bertz CT molecular complexity index is 443. The van der Waals surface area contributed by atoms with E-state index in [9.17, 15) is 0 Å². The molecule has 1 N–H and O–H groups in total. The third-order valence-corrected chi connectivity index (χ3v) is 5.22. The van der Waals surface area contributed by atoms with Crippen LogP contribution in [-0.4, -0.2) is 24.7 Å². The maximum Gasteiger partial charge on any atom is 0.0749 e. The van der Waals surface area contributed by atoms with Gasteiger partial charge in [0.1, 0.15) is 0 Å². The number of halogens is 2. The van der Waals surface area contributed by atoms with Crippen molar-refractivity contribution >= 4 is 28.9 Å². The fourth-order valence-corrected chi connectivity index (χ4v) is 4.39. The van der Waals surface area contributed by atoms with Gasteiger partial charge in [-0.3, -0.25) is 0 Å². The standard InChI is InChI=1S/C16H22Cl2N2/c1-2-8-19-11-9-12-6-7-13(10-11)20(12)16-14(17)4-3-5-15(16)18/h3-5,11-13,19H,2,6-10H2,1H3. The lowest BCUT2D eigenvalue weighted by molar-refractivity contribution is 0.357. The first-order chi connectivity index (χ1) is 9.70. The molecule has 3 rings (SSSR count). The second-order valence-corrected chi connectivity index (χ2v) is 6.80. The summed E-state index contributed by atoms with van der Waals surface area (Å²) >= 11 is 12.8. The highest BCUT2D eigenvalue weighted by atomic mass is 35.5. The van der Waals surface area contributed by atoms with Gasteiger partial charge in [0.2, 0.25) is 0 Å². The second-order valence-electron chi connectivity index (χ2n) is 5.98. The van der Waals surface area contributed by atoms with Crippen molar-refractivity contribution in [1.82, 2.24) is 5.32 Å². The van der Waals surface area contributed by atoms with E-state index in [4.69, 9.17) is 23.2 Å². The molecule has 2 fully saturated rings. The van der Waals surface area contributed by atoms with Crippen molar-refractivity contribution in [3.05, 3.63) is 28.2 Å². The summed E-state index contributed by atoms with van der Waals surface area (Å²) in [5.41, 5.74) is 1.05. The quantitative estimate of drug-likeness (QED) is 0.881. The van der Waals surface area contributed by atoms with Crippen LogP contribution in [0.2, 0.25) is 10.0 Å². The third kappa shape index (κ3) is 2.66. The zero-order valence-corrected chi connectivity index (χ0v) is 13.4. The molecule has 2 heterocycles. The van der Waals surface area contributed by atoms with E-state index in [0.717, 1.165) is 22.3 Å². The Morgan fingerprint density at radius 1 is 1.15 bits per heavy atom. The number of hydrogen-bond acceptors (Lipinski definition) is 2. The van der Waals surface area contributed by atoms with E-state index in [1.165, 1.54) is 32.1 Å². The van der Waals surface area contributed by atoms with Crippen LogP contribution < -0.4 is 10.2 Å². The van der Waals surface area contributed by atoms with Gasteiger partial charge >= 0.3 is 0 Å². The molecule has 2 atom stereocenters. The van der Waals surface area contributed by atoms with Crippen LogP contribution >= 0.6 is 23.2 Å². The SMILES string of the molecule is CCCNC1CC2CCC(C1)N2c1c(Cl)cccc1Cl. The maximum atomic E-state index is 6.40. The van der Waals surface area contributed by atoms with Crippen molar-refractivity contribution in [2.45, 2.75) is 57.2 Å². The van der Waals surface area contributed by atoms with Gasteiger partial charge in [-0.15, -0.1) is 0 Å². The third-order valence-electron chi connectivity index (χ3n) is 4.61. The Labute approximate surface area is 131 Å². The number of nitrogens with one attached hydrogen (secondary N) is 1. The van der Waals surface area contributed by atoms with Gasteiger partial charge in [-0.05, 0) is 50.8 Å². The molecule has 4 heteroatoms. The molecule has 1 aromatic rings. The minimum absolute atomic E-state index is 0.584. The average molecular weight is 313 g/mol. The molecule has 0 saturated carbocycles. The van der Waals surface area contributed by atoms with Gasteiger partial charge in [0.05, 0.1) is 15.7 Å². The Balaban J connectivity index is 1.80. The smallest absolute Gasteiger partial charge is 0.0749 e. The van der Waals surface area contributed by atoms with E-state index >= 15 is 0 Å². The topological polar surface area (TPSA) is 15.3 Å². The first kappa shape index (κ1) is 14.5. The first-order valence-electron chi connectivity index (χ1n) is 7.66. The number of hydrogen-bond donors (Lipinski definition) is 1. The van der Waals surface area contributed by atoms with Crippen LogP contribution in [0.5, 0.6) is 0 Å². The summed E-state index contributed by atoms with van der Waals surface area (Å²) in [5.74, 6) is 0. The molecule has 2 aliphatic heterocycles. The number of fused-ring (bicyclic) bond motifs is 2. The Hall–Kier alpha value is -0.440. The lowest BCUT2D eigenvalue weighted by Crippen LogP contribution is -2.49. The molecule has 0 aliphatic carbocycles. The zero-order valence-electron chi connectivity index (χ0n) is 11.9. The van der Waals surface area contributed by atoms with E-state index in [1.54, 1.807) is 0 Å². The Morgan fingerprint density at radius 2 is 1.75 bits per heavy atom. The van der Waals surface area contributed by atoms with Crippen molar-refractivity contribution in [2.24, 2.45) is 0 Å². The fraction of sp³-hybridized carbons (Fsp3) is 0.625. The minimum atomic E-state index is 0.584. The van der Waals surface area contributed by atoms with Crippen molar-refractivity contribution < 1.29 is 0 Å². The van der Waals surface area contributed by atoms with Crippen LogP contribution in [-0.2, 0) is 0 Å². The van der Waals surface area contributed by atoms with Gasteiger partial charge in [0.25, 0.3) is 0 Å². The molecule has 2 nitrogen and oxygen atoms in total. The predicted octanol–water partition coefficient (Wildman–Crippen LogP) is 4.49. The molecule has 1 aromatic carbocycles. The molecule has 2 bridgehead atoms. The fourth-order valence-electron chi connectivity index (χ4n) is 3.79. The molecule has 2 saturated heterocycles. The molecule has 0 radical (unpaired) electrons. The largest absolute Gasteiger partial charge is 0.363 e. The average Bonchev–Trinajstić information content (AvgIpc) is 2.68. The molecule has 0 spiro atoms. The van der Waals surface area contributed by atoms with Gasteiger partial charge in [-0.25, -0.2) is 0 Å². The van der Waals surface area contributed by atoms with Crippen molar-refractivity contribution in [3.63, 3.8) is 0 Å². The van der Waals surface area contributed by atoms with Crippen LogP contribution in [0.3, 0.4) is 0 Å². The highest BCUT2D eigenvalue weighted by Gasteiger charge is 2.41. The number of anilines is 1. The summed E-state index contributed by atoms with van der Waals surface area (Å²) in [7, 11) is 0. The van der Waals surface area contributed by atoms with Crippen LogP contribution in [0.25, 0.3) is 0 Å². The monoisotopic (exact) mass is 312 g/mol. The minimum Gasteiger partial charge on any atom is -0.363 e. The van der Waals surface area contributed by atoms with Crippen LogP contribution in [0.4, 0.5) is 5.69 Å². The van der Waals surface area contributed by atoms with E-state index in [-0.39, 0.29) is 0 Å². The molecule has 0 aromatic heterocycles. The van der Waals surface area contributed by atoms with Gasteiger partial charge < -0.3 is 10.2 Å². The summed E-state index contributed by atoms with van der Waals surface area (Å²) in [6.45, 7) is 3.34. The highest BCUT2D eigenvalue weighted by Crippen LogP contribution is 2.44. The highest BCUT2D eigenvalue weighted by molar-refractivity contribution is 6.39. The van der Waals surface area contributed by atoms with Crippen molar-refractivity contribution in [1.29, 1.82) is 0 Å². The molecular formula is C16H22Cl2N2. The number of piperidine rings is 1. The van der Waals surface area contributed by atoms with E-state index in [1.807, 2.05) is 18.2 Å². The summed E-state index contributed by atoms with van der Waals surface area (Å²) in [6.07, 6.45) is 6.13. The molecule has 2 aliphatic rings. The van der Waals surface area contributed by atoms with E-state index in [2.05, 4.69) is 17.1 Å². The predicted molar refractivity (Wildman–Crippen MR) is 87.1 cm³/mol. The van der Waals surface area contributed by atoms with Gasteiger partial charge in [0, 0.05) is 18.1 Å². The van der Waals surface area contributed by atoms with Crippen LogP contribution in [0, 0.1) is 0 Å². The van der Waals surface area contributed by atoms with E-state index in [0.29, 0.717) is 18.1 Å². The first-order valence-corrected chi connectivity index (χ1v) is 8.42. The van der Waals surface area contributed by atoms with Gasteiger partial charge in [-0.2, -0.15) is 0 Å². The number of nitrogens with zero attached hydrogens (tertiary/aromatic N) is 1. The van der Waals surface area contributed by atoms with Crippen molar-refractivity contribution in [3.8, 4) is 0 Å². The Kier molecular flexibility index (Phi) is 4.44. The Morgan fingerprint density at radius 3 is 2.30 bits per heavy atom. The second kappa shape index (κ2) is 6.13. The van der Waals surface area contributed by atoms with Crippen LogP contribution in [0.15, 0.2) is 18.2 Å². The number of benzene rings is 1. The number of rotatable bonds is 4. The summed E-state index contributed by atoms with van der Waals surface area (Å²) < 4.78 is 0. The normalized spacial score (nSPS) is 28.9. The lowest BCUT2D eigenvalue weighted by Gasteiger charge is -2.41. The molecular weight excluding hydrogens is 291 g/mol. The summed E-state index contributed by atoms with van der Waals surface area (Å²) in [6, 6.07) is 7.64. The lowest BCUT2D eigenvalue weighted by atomic mass is 9.96. The number of para-hydroxylation sites is 1. The van der Waals surface area contributed by atoms with Crippen LogP contribution in [0.1, 0.15) is 39.0 Å². The molecule has 0 amide bonds. The summed E-state index contributed by atoms with van der Waals surface area (Å²) in [4.78, 5) is 2.49. The molecule has 20 heavy (non-hydrogen) atoms. The van der Waals surface area contributed by atoms with Crippen molar-refractivity contribution in [2.75, 3.05) is 11.4 Å². The van der Waals surface area contributed by atoms with Gasteiger partial charge in [0.15, 0.2) is 0 Å². The molecule has 2 unspecified atom stereocenters. The molecule has 110 valence electrons. The maximum absolute atomic E-state index is 6.40. The zero-order chi connectivity index (χ0) is 14.1.